The Morgan fingerprint density at radius 2 is 1.92 bits per heavy atom. The van der Waals surface area contributed by atoms with Crippen molar-refractivity contribution in [2.45, 2.75) is 4.90 Å². The third-order valence-corrected chi connectivity index (χ3v) is 2.78. The first-order valence-electron chi connectivity index (χ1n) is 3.24. The van der Waals surface area contributed by atoms with Crippen LogP contribution in [0.25, 0.3) is 10.1 Å². The molecule has 0 aliphatic carbocycles. The summed E-state index contributed by atoms with van der Waals surface area (Å²) in [6, 6.07) is 4.13. The van der Waals surface area contributed by atoms with Gasteiger partial charge in [-0.2, -0.15) is 4.39 Å². The minimum Gasteiger partial charge on any atom is -0.206 e. The van der Waals surface area contributed by atoms with Gasteiger partial charge in [-0.1, -0.05) is 0 Å². The maximum atomic E-state index is 12.9. The summed E-state index contributed by atoms with van der Waals surface area (Å²) in [6.45, 7) is 0. The van der Waals surface area contributed by atoms with E-state index in [4.69, 9.17) is 0 Å². The molecular weight excluding hydrogens is 198 g/mol. The van der Waals surface area contributed by atoms with Gasteiger partial charge in [-0.3, -0.25) is 0 Å². The second-order valence-electron chi connectivity index (χ2n) is 2.39. The number of fused-ring (bicyclic) bond motifs is 1. The fourth-order valence-electron chi connectivity index (χ4n) is 1.02. The van der Waals surface area contributed by atoms with E-state index >= 15 is 0 Å². The molecule has 0 spiro atoms. The summed E-state index contributed by atoms with van der Waals surface area (Å²) in [6.07, 6.45) is 0. The lowest BCUT2D eigenvalue weighted by Crippen LogP contribution is -1.74. The van der Waals surface area contributed by atoms with Gasteiger partial charge in [0.15, 0.2) is 5.13 Å². The van der Waals surface area contributed by atoms with Gasteiger partial charge in [-0.25, -0.2) is 4.39 Å². The molecule has 0 amide bonds. The molecule has 12 heavy (non-hydrogen) atoms. The number of halogens is 2. The highest BCUT2D eigenvalue weighted by Gasteiger charge is 2.04. The van der Waals surface area contributed by atoms with Crippen molar-refractivity contribution in [3.05, 3.63) is 29.1 Å². The summed E-state index contributed by atoms with van der Waals surface area (Å²) in [7, 11) is 0. The zero-order chi connectivity index (χ0) is 8.72. The molecule has 0 bridgehead atoms. The van der Waals surface area contributed by atoms with Crippen molar-refractivity contribution in [2.75, 3.05) is 0 Å². The van der Waals surface area contributed by atoms with E-state index in [1.807, 2.05) is 0 Å². The summed E-state index contributed by atoms with van der Waals surface area (Å²) in [5.41, 5.74) is 0. The Hall–Kier alpha value is -0.610. The average molecular weight is 202 g/mol. The van der Waals surface area contributed by atoms with Crippen LogP contribution in [0, 0.1) is 10.9 Å². The molecule has 2 aromatic rings. The molecule has 1 aromatic heterocycles. The lowest BCUT2D eigenvalue weighted by atomic mass is 10.2. The van der Waals surface area contributed by atoms with Crippen molar-refractivity contribution in [3.8, 4) is 0 Å². The molecule has 2 rings (SSSR count). The summed E-state index contributed by atoms with van der Waals surface area (Å²) < 4.78 is 26.2. The van der Waals surface area contributed by atoms with Crippen LogP contribution in [0.2, 0.25) is 0 Å². The van der Waals surface area contributed by atoms with E-state index in [-0.39, 0.29) is 10.0 Å². The van der Waals surface area contributed by atoms with Crippen LogP contribution in [0.1, 0.15) is 0 Å². The van der Waals surface area contributed by atoms with E-state index in [2.05, 4.69) is 12.6 Å². The van der Waals surface area contributed by atoms with Gasteiger partial charge in [0.25, 0.3) is 0 Å². The second kappa shape index (κ2) is 2.71. The number of hydrogen-bond acceptors (Lipinski definition) is 2. The molecule has 0 radical (unpaired) electrons. The predicted molar refractivity (Wildman–Crippen MR) is 49.0 cm³/mol. The zero-order valence-electron chi connectivity index (χ0n) is 5.84. The molecule has 1 heterocycles. The van der Waals surface area contributed by atoms with E-state index in [0.29, 0.717) is 5.39 Å². The van der Waals surface area contributed by atoms with Crippen LogP contribution in [0.5, 0.6) is 0 Å². The van der Waals surface area contributed by atoms with Crippen LogP contribution in [0.15, 0.2) is 23.1 Å². The van der Waals surface area contributed by atoms with Crippen molar-refractivity contribution < 1.29 is 8.78 Å². The van der Waals surface area contributed by atoms with Crippen molar-refractivity contribution in [1.29, 1.82) is 0 Å². The fourth-order valence-corrected chi connectivity index (χ4v) is 2.11. The molecule has 0 aliphatic heterocycles. The molecular formula is C8H4F2S2. The van der Waals surface area contributed by atoms with Gasteiger partial charge >= 0.3 is 0 Å². The standard InChI is InChI=1S/C8H4F2S2/c9-5-1-4-2-8(10)12-7(4)3-6(5)11/h1-3,11H. The third-order valence-electron chi connectivity index (χ3n) is 1.56. The monoisotopic (exact) mass is 202 g/mol. The Labute approximate surface area is 77.2 Å². The van der Waals surface area contributed by atoms with Crippen LogP contribution in [-0.2, 0) is 0 Å². The second-order valence-corrected chi connectivity index (χ2v) is 3.91. The van der Waals surface area contributed by atoms with Gasteiger partial charge < -0.3 is 0 Å². The number of benzene rings is 1. The average Bonchev–Trinajstić information content (AvgIpc) is 2.30. The minimum atomic E-state index is -0.413. The Kier molecular flexibility index (Phi) is 1.81. The first-order valence-corrected chi connectivity index (χ1v) is 4.51. The zero-order valence-corrected chi connectivity index (χ0v) is 7.55. The number of hydrogen-bond donors (Lipinski definition) is 1. The summed E-state index contributed by atoms with van der Waals surface area (Å²) >= 11 is 4.88. The molecule has 0 unspecified atom stereocenters. The number of rotatable bonds is 0. The molecule has 0 N–H and O–H groups in total. The summed E-state index contributed by atoms with van der Waals surface area (Å²) in [5, 5.41) is 0.288. The van der Waals surface area contributed by atoms with Crippen molar-refractivity contribution in [2.24, 2.45) is 0 Å². The lowest BCUT2D eigenvalue weighted by Gasteiger charge is -1.93. The van der Waals surface area contributed by atoms with Crippen LogP contribution in [0.3, 0.4) is 0 Å². The van der Waals surface area contributed by atoms with Crippen LogP contribution in [-0.4, -0.2) is 0 Å². The SMILES string of the molecule is Fc1cc2cc(F)c(S)cc2s1. The summed E-state index contributed by atoms with van der Waals surface area (Å²) in [4.78, 5) is 0.254. The van der Waals surface area contributed by atoms with Crippen molar-refractivity contribution in [1.82, 2.24) is 0 Å². The lowest BCUT2D eigenvalue weighted by molar-refractivity contribution is 0.605. The maximum Gasteiger partial charge on any atom is 0.177 e. The highest BCUT2D eigenvalue weighted by Crippen LogP contribution is 2.28. The molecule has 0 saturated heterocycles. The van der Waals surface area contributed by atoms with E-state index in [1.165, 1.54) is 18.2 Å². The van der Waals surface area contributed by atoms with Gasteiger partial charge in [-0.05, 0) is 23.6 Å². The van der Waals surface area contributed by atoms with E-state index in [9.17, 15) is 8.78 Å². The Morgan fingerprint density at radius 3 is 2.67 bits per heavy atom. The van der Waals surface area contributed by atoms with Gasteiger partial charge in [-0.15, -0.1) is 24.0 Å². The third kappa shape index (κ3) is 1.21. The Bertz CT molecular complexity index is 395. The van der Waals surface area contributed by atoms with Gasteiger partial charge in [0.1, 0.15) is 5.82 Å². The fraction of sp³-hybridized carbons (Fsp3) is 0. The smallest absolute Gasteiger partial charge is 0.177 e. The first kappa shape index (κ1) is 8.01. The van der Waals surface area contributed by atoms with E-state index in [1.54, 1.807) is 0 Å². The molecule has 0 aliphatic rings. The van der Waals surface area contributed by atoms with Gasteiger partial charge in [0.2, 0.25) is 0 Å². The first-order chi connectivity index (χ1) is 5.66. The minimum absolute atomic E-state index is 0.254. The molecule has 0 atom stereocenters. The van der Waals surface area contributed by atoms with Crippen LogP contribution >= 0.6 is 24.0 Å². The maximum absolute atomic E-state index is 12.9. The largest absolute Gasteiger partial charge is 0.206 e. The molecule has 4 heteroatoms. The van der Waals surface area contributed by atoms with E-state index in [0.717, 1.165) is 16.0 Å². The molecule has 62 valence electrons. The normalized spacial score (nSPS) is 10.9. The summed E-state index contributed by atoms with van der Waals surface area (Å²) in [5.74, 6) is -0.413. The molecule has 0 nitrogen and oxygen atoms in total. The van der Waals surface area contributed by atoms with Gasteiger partial charge in [0.05, 0.1) is 0 Å². The molecule has 0 saturated carbocycles. The van der Waals surface area contributed by atoms with Crippen molar-refractivity contribution >= 4 is 34.1 Å². The highest BCUT2D eigenvalue weighted by atomic mass is 32.1. The van der Waals surface area contributed by atoms with E-state index < -0.39 is 5.82 Å². The van der Waals surface area contributed by atoms with Gasteiger partial charge in [0, 0.05) is 9.60 Å². The quantitative estimate of drug-likeness (QED) is 0.621. The molecule has 1 aromatic carbocycles. The molecule has 0 fully saturated rings. The Morgan fingerprint density at radius 1 is 1.17 bits per heavy atom. The Balaban J connectivity index is 2.83. The van der Waals surface area contributed by atoms with Crippen molar-refractivity contribution in [3.63, 3.8) is 0 Å². The van der Waals surface area contributed by atoms with Crippen LogP contribution < -0.4 is 0 Å². The number of thiophene rings is 1. The number of thiol groups is 1. The van der Waals surface area contributed by atoms with Crippen LogP contribution in [0.4, 0.5) is 8.78 Å². The predicted octanol–water partition coefficient (Wildman–Crippen LogP) is 3.47. The topological polar surface area (TPSA) is 0 Å². The highest BCUT2D eigenvalue weighted by molar-refractivity contribution is 7.80.